The van der Waals surface area contributed by atoms with Crippen molar-refractivity contribution in [2.75, 3.05) is 37.4 Å². The first-order valence-electron chi connectivity index (χ1n) is 10.8. The molecule has 1 heterocycles. The minimum absolute atomic E-state index is 0.0403. The third-order valence-electron chi connectivity index (χ3n) is 5.55. The van der Waals surface area contributed by atoms with Crippen molar-refractivity contribution in [3.8, 4) is 0 Å². The molecule has 8 heteroatoms. The van der Waals surface area contributed by atoms with Gasteiger partial charge in [-0.25, -0.2) is 0 Å². The molecule has 0 fully saturated rings. The summed E-state index contributed by atoms with van der Waals surface area (Å²) in [6.07, 6.45) is 1.86. The van der Waals surface area contributed by atoms with E-state index in [4.69, 9.17) is 4.74 Å². The van der Waals surface area contributed by atoms with Gasteiger partial charge >= 0.3 is 11.8 Å². The summed E-state index contributed by atoms with van der Waals surface area (Å²) < 4.78 is 4.76. The molecule has 3 amide bonds. The van der Waals surface area contributed by atoms with Gasteiger partial charge < -0.3 is 20.7 Å². The van der Waals surface area contributed by atoms with Crippen LogP contribution in [-0.4, -0.2) is 55.5 Å². The Bertz CT molecular complexity index is 945. The van der Waals surface area contributed by atoms with Crippen molar-refractivity contribution in [3.05, 3.63) is 59.7 Å². The molecule has 0 bridgehead atoms. The van der Waals surface area contributed by atoms with Gasteiger partial charge in [0.15, 0.2) is 0 Å². The van der Waals surface area contributed by atoms with E-state index in [-0.39, 0.29) is 18.6 Å². The first-order valence-corrected chi connectivity index (χ1v) is 10.8. The number of nitrogens with one attached hydrogen (secondary N) is 3. The Morgan fingerprint density at radius 2 is 1.62 bits per heavy atom. The molecule has 2 aromatic rings. The SMILES string of the molecule is CCC(CNC(=O)C(=O)Nc1ccc(NC(=O)COC)cc1)N1CCc2ccccc2C1. The molecular formula is C24H30N4O4. The van der Waals surface area contributed by atoms with Crippen molar-refractivity contribution in [2.45, 2.75) is 32.4 Å². The van der Waals surface area contributed by atoms with E-state index in [0.29, 0.717) is 17.9 Å². The van der Waals surface area contributed by atoms with Crippen LogP contribution in [0.25, 0.3) is 0 Å². The van der Waals surface area contributed by atoms with E-state index in [1.54, 1.807) is 24.3 Å². The average Bonchev–Trinajstić information content (AvgIpc) is 2.80. The molecule has 1 atom stereocenters. The van der Waals surface area contributed by atoms with E-state index < -0.39 is 11.8 Å². The highest BCUT2D eigenvalue weighted by Crippen LogP contribution is 2.21. The summed E-state index contributed by atoms with van der Waals surface area (Å²) in [5.74, 6) is -1.66. The molecule has 1 unspecified atom stereocenters. The number of hydrogen-bond acceptors (Lipinski definition) is 5. The van der Waals surface area contributed by atoms with Gasteiger partial charge in [-0.15, -0.1) is 0 Å². The third kappa shape index (κ3) is 6.38. The minimum atomic E-state index is -0.722. The number of carbonyl (C=O) groups excluding carboxylic acids is 3. The van der Waals surface area contributed by atoms with E-state index >= 15 is 0 Å². The number of rotatable bonds is 8. The van der Waals surface area contributed by atoms with Crippen molar-refractivity contribution < 1.29 is 19.1 Å². The highest BCUT2D eigenvalue weighted by atomic mass is 16.5. The normalized spacial score (nSPS) is 14.2. The average molecular weight is 439 g/mol. The van der Waals surface area contributed by atoms with E-state index in [0.717, 1.165) is 25.9 Å². The molecule has 0 radical (unpaired) electrons. The summed E-state index contributed by atoms with van der Waals surface area (Å²) in [5.41, 5.74) is 3.74. The van der Waals surface area contributed by atoms with Crippen LogP contribution >= 0.6 is 0 Å². The Labute approximate surface area is 188 Å². The monoisotopic (exact) mass is 438 g/mol. The lowest BCUT2D eigenvalue weighted by Gasteiger charge is -2.35. The molecule has 3 N–H and O–H groups in total. The van der Waals surface area contributed by atoms with Crippen molar-refractivity contribution >= 4 is 29.1 Å². The van der Waals surface area contributed by atoms with E-state index in [9.17, 15) is 14.4 Å². The summed E-state index contributed by atoms with van der Waals surface area (Å²) in [4.78, 5) is 38.5. The minimum Gasteiger partial charge on any atom is -0.375 e. The van der Waals surface area contributed by atoms with Gasteiger partial charge in [-0.05, 0) is 48.2 Å². The van der Waals surface area contributed by atoms with Gasteiger partial charge in [-0.2, -0.15) is 0 Å². The first-order chi connectivity index (χ1) is 15.5. The molecule has 8 nitrogen and oxygen atoms in total. The van der Waals surface area contributed by atoms with Gasteiger partial charge in [-0.3, -0.25) is 19.3 Å². The molecule has 0 aliphatic carbocycles. The molecule has 0 saturated heterocycles. The predicted molar refractivity (Wildman–Crippen MR) is 123 cm³/mol. The third-order valence-corrected chi connectivity index (χ3v) is 5.55. The van der Waals surface area contributed by atoms with Gasteiger partial charge in [0, 0.05) is 44.2 Å². The number of nitrogens with zero attached hydrogens (tertiary/aromatic N) is 1. The maximum absolute atomic E-state index is 12.3. The second-order valence-corrected chi connectivity index (χ2v) is 7.77. The van der Waals surface area contributed by atoms with Gasteiger partial charge in [-0.1, -0.05) is 31.2 Å². The largest absolute Gasteiger partial charge is 0.375 e. The van der Waals surface area contributed by atoms with Crippen LogP contribution < -0.4 is 16.0 Å². The van der Waals surface area contributed by atoms with Crippen LogP contribution in [0.15, 0.2) is 48.5 Å². The fraction of sp³-hybridized carbons (Fsp3) is 0.375. The molecule has 2 aromatic carbocycles. The Morgan fingerprint density at radius 1 is 0.969 bits per heavy atom. The van der Waals surface area contributed by atoms with E-state index in [1.165, 1.54) is 18.2 Å². The summed E-state index contributed by atoms with van der Waals surface area (Å²) in [7, 11) is 1.44. The molecule has 0 spiro atoms. The fourth-order valence-electron chi connectivity index (χ4n) is 3.80. The number of benzene rings is 2. The Balaban J connectivity index is 1.47. The number of carbonyl (C=O) groups is 3. The zero-order valence-corrected chi connectivity index (χ0v) is 18.5. The molecule has 3 rings (SSSR count). The lowest BCUT2D eigenvalue weighted by atomic mass is 9.98. The Hall–Kier alpha value is -3.23. The molecule has 0 aromatic heterocycles. The van der Waals surface area contributed by atoms with Crippen LogP contribution in [0.5, 0.6) is 0 Å². The van der Waals surface area contributed by atoms with Crippen LogP contribution in [0.3, 0.4) is 0 Å². The van der Waals surface area contributed by atoms with Crippen LogP contribution in [0.1, 0.15) is 24.5 Å². The zero-order valence-electron chi connectivity index (χ0n) is 18.5. The maximum Gasteiger partial charge on any atom is 0.313 e. The van der Waals surface area contributed by atoms with Crippen molar-refractivity contribution in [1.82, 2.24) is 10.2 Å². The lowest BCUT2D eigenvalue weighted by molar-refractivity contribution is -0.136. The molecule has 170 valence electrons. The second-order valence-electron chi connectivity index (χ2n) is 7.77. The summed E-state index contributed by atoms with van der Waals surface area (Å²) in [5, 5.41) is 8.00. The number of anilines is 2. The summed E-state index contributed by atoms with van der Waals surface area (Å²) in [6.45, 7) is 4.25. The number of amides is 3. The predicted octanol–water partition coefficient (Wildman–Crippen LogP) is 2.16. The van der Waals surface area contributed by atoms with Crippen LogP contribution in [0.2, 0.25) is 0 Å². The topological polar surface area (TPSA) is 99.8 Å². The number of ether oxygens (including phenoxy) is 1. The zero-order chi connectivity index (χ0) is 22.9. The van der Waals surface area contributed by atoms with Gasteiger partial charge in [0.1, 0.15) is 6.61 Å². The standard InChI is InChI=1S/C24H30N4O4/c1-3-21(28-13-12-17-6-4-5-7-18(17)15-28)14-25-23(30)24(31)27-20-10-8-19(9-11-20)26-22(29)16-32-2/h4-11,21H,3,12-16H2,1-2H3,(H,25,30)(H,26,29)(H,27,31). The van der Waals surface area contributed by atoms with Crippen LogP contribution in [-0.2, 0) is 32.1 Å². The molecule has 1 aliphatic heterocycles. The summed E-state index contributed by atoms with van der Waals surface area (Å²) in [6, 6.07) is 15.1. The smallest absolute Gasteiger partial charge is 0.313 e. The second kappa shape index (κ2) is 11.4. The number of methoxy groups -OCH3 is 1. The lowest BCUT2D eigenvalue weighted by Crippen LogP contribution is -2.47. The van der Waals surface area contributed by atoms with E-state index in [1.807, 2.05) is 0 Å². The van der Waals surface area contributed by atoms with Crippen LogP contribution in [0.4, 0.5) is 11.4 Å². The Morgan fingerprint density at radius 3 is 2.28 bits per heavy atom. The van der Waals surface area contributed by atoms with E-state index in [2.05, 4.69) is 52.0 Å². The Kier molecular flexibility index (Phi) is 8.35. The first kappa shape index (κ1) is 23.4. The molecule has 1 aliphatic rings. The highest BCUT2D eigenvalue weighted by molar-refractivity contribution is 6.39. The molecule has 32 heavy (non-hydrogen) atoms. The van der Waals surface area contributed by atoms with Crippen molar-refractivity contribution in [1.29, 1.82) is 0 Å². The van der Waals surface area contributed by atoms with Crippen LogP contribution in [0, 0.1) is 0 Å². The van der Waals surface area contributed by atoms with Crippen molar-refractivity contribution in [2.24, 2.45) is 0 Å². The van der Waals surface area contributed by atoms with Crippen molar-refractivity contribution in [3.63, 3.8) is 0 Å². The molecule has 0 saturated carbocycles. The van der Waals surface area contributed by atoms with Gasteiger partial charge in [0.2, 0.25) is 5.91 Å². The summed E-state index contributed by atoms with van der Waals surface area (Å²) >= 11 is 0. The maximum atomic E-state index is 12.3. The fourth-order valence-corrected chi connectivity index (χ4v) is 3.80. The highest BCUT2D eigenvalue weighted by Gasteiger charge is 2.23. The number of fused-ring (bicyclic) bond motifs is 1. The molecular weight excluding hydrogens is 408 g/mol. The van der Waals surface area contributed by atoms with Gasteiger partial charge in [0.25, 0.3) is 0 Å². The van der Waals surface area contributed by atoms with Gasteiger partial charge in [0.05, 0.1) is 0 Å². The number of hydrogen-bond donors (Lipinski definition) is 3. The quantitative estimate of drug-likeness (QED) is 0.549.